The first-order valence-corrected chi connectivity index (χ1v) is 14.3. The third-order valence-corrected chi connectivity index (χ3v) is 10.6. The summed E-state index contributed by atoms with van der Waals surface area (Å²) in [5.41, 5.74) is -1.28. The van der Waals surface area contributed by atoms with Gasteiger partial charge >= 0.3 is 0 Å². The van der Waals surface area contributed by atoms with Crippen LogP contribution >= 0.6 is 0 Å². The Labute approximate surface area is 203 Å². The molecule has 5 atom stereocenters. The second kappa shape index (κ2) is 9.28. The van der Waals surface area contributed by atoms with Crippen molar-refractivity contribution < 1.29 is 22.8 Å². The van der Waals surface area contributed by atoms with Crippen molar-refractivity contribution in [2.75, 3.05) is 6.54 Å². The minimum Gasteiger partial charge on any atom is -0.339 e. The number of carbonyl (C=O) groups is 3. The van der Waals surface area contributed by atoms with Crippen LogP contribution in [0.3, 0.4) is 0 Å². The molecule has 2 saturated carbocycles. The van der Waals surface area contributed by atoms with E-state index in [9.17, 15) is 22.8 Å². The van der Waals surface area contributed by atoms with Crippen molar-refractivity contribution in [1.29, 1.82) is 0 Å². The molecule has 190 valence electrons. The number of rotatable bonds is 4. The first-order valence-electron chi connectivity index (χ1n) is 12.9. The molecule has 3 fully saturated rings. The summed E-state index contributed by atoms with van der Waals surface area (Å²) in [6, 6.07) is -0.611. The van der Waals surface area contributed by atoms with E-state index in [1.807, 2.05) is 12.2 Å². The molecule has 2 heterocycles. The minimum absolute atomic E-state index is 0.000202. The van der Waals surface area contributed by atoms with Crippen molar-refractivity contribution in [3.8, 4) is 0 Å². The van der Waals surface area contributed by atoms with Crippen molar-refractivity contribution in [1.82, 2.24) is 14.9 Å². The summed E-state index contributed by atoms with van der Waals surface area (Å²) in [4.78, 5) is 41.4. The Morgan fingerprint density at radius 1 is 1.26 bits per heavy atom. The van der Waals surface area contributed by atoms with Gasteiger partial charge in [-0.15, -0.1) is 0 Å². The van der Waals surface area contributed by atoms with Gasteiger partial charge in [0.1, 0.15) is 11.6 Å². The molecule has 3 amide bonds. The maximum atomic E-state index is 13.3. The molecule has 0 radical (unpaired) electrons. The average molecular weight is 494 g/mol. The molecular weight excluding hydrogens is 454 g/mol. The molecule has 0 aromatic rings. The van der Waals surface area contributed by atoms with Crippen LogP contribution in [0.2, 0.25) is 0 Å². The fourth-order valence-corrected chi connectivity index (χ4v) is 6.80. The van der Waals surface area contributed by atoms with Gasteiger partial charge in [0.15, 0.2) is 0 Å². The molecule has 2 aliphatic carbocycles. The first kappa shape index (κ1) is 25.2. The van der Waals surface area contributed by atoms with E-state index in [1.165, 1.54) is 0 Å². The number of nitrogens with one attached hydrogen (secondary N) is 2. The van der Waals surface area contributed by atoms with Crippen LogP contribution in [0.1, 0.15) is 85.0 Å². The van der Waals surface area contributed by atoms with Gasteiger partial charge in [0, 0.05) is 18.9 Å². The third-order valence-electron chi connectivity index (χ3n) is 8.44. The van der Waals surface area contributed by atoms with Crippen molar-refractivity contribution >= 4 is 27.7 Å². The summed E-state index contributed by atoms with van der Waals surface area (Å²) in [7, 11) is -3.81. The molecule has 1 saturated heterocycles. The number of sulfonamides is 1. The fourth-order valence-electron chi connectivity index (χ4n) is 5.49. The molecule has 0 aromatic heterocycles. The Hall–Kier alpha value is -1.90. The zero-order valence-corrected chi connectivity index (χ0v) is 21.5. The second-order valence-corrected chi connectivity index (χ2v) is 13.4. The maximum absolute atomic E-state index is 13.3. The number of amides is 3. The van der Waals surface area contributed by atoms with Crippen LogP contribution in [0, 0.1) is 17.8 Å². The molecule has 2 N–H and O–H groups in total. The highest BCUT2D eigenvalue weighted by atomic mass is 32.2. The van der Waals surface area contributed by atoms with Gasteiger partial charge in [0.2, 0.25) is 21.8 Å². The summed E-state index contributed by atoms with van der Waals surface area (Å²) in [5, 5.41) is 2.90. The normalized spacial score (nSPS) is 36.9. The number of hydrogen-bond donors (Lipinski definition) is 2. The van der Waals surface area contributed by atoms with Gasteiger partial charge in [0.25, 0.3) is 5.91 Å². The highest BCUT2D eigenvalue weighted by molar-refractivity contribution is 7.91. The van der Waals surface area contributed by atoms with Crippen LogP contribution in [-0.4, -0.2) is 53.9 Å². The van der Waals surface area contributed by atoms with E-state index >= 15 is 0 Å². The Kier molecular flexibility index (Phi) is 6.88. The summed E-state index contributed by atoms with van der Waals surface area (Å²) < 4.78 is 26.8. The van der Waals surface area contributed by atoms with Crippen LogP contribution in [0.5, 0.6) is 0 Å². The van der Waals surface area contributed by atoms with Gasteiger partial charge in [-0.25, -0.2) is 8.42 Å². The van der Waals surface area contributed by atoms with Gasteiger partial charge < -0.3 is 10.2 Å². The Morgan fingerprint density at radius 3 is 2.68 bits per heavy atom. The van der Waals surface area contributed by atoms with E-state index < -0.39 is 32.3 Å². The molecule has 2 aliphatic heterocycles. The van der Waals surface area contributed by atoms with Crippen LogP contribution < -0.4 is 10.0 Å². The average Bonchev–Trinajstić information content (AvgIpc) is 3.63. The highest BCUT2D eigenvalue weighted by Crippen LogP contribution is 2.47. The number of fused-ring (bicyclic) bond motifs is 2. The van der Waals surface area contributed by atoms with E-state index in [1.54, 1.807) is 11.8 Å². The SMILES string of the molecule is CC[C@H]1CC(=O)N2CCC[C@H]2C(=O)N[C@]2(C(=O)NS(=O)(=O)C3(C)CC3)C[C@H]2/C=C\CCC(C)C1. The molecule has 34 heavy (non-hydrogen) atoms. The Balaban J connectivity index is 1.57. The number of hydrogen-bond acceptors (Lipinski definition) is 5. The maximum Gasteiger partial charge on any atom is 0.259 e. The lowest BCUT2D eigenvalue weighted by Gasteiger charge is -2.28. The van der Waals surface area contributed by atoms with Crippen LogP contribution in [0.25, 0.3) is 0 Å². The first-order chi connectivity index (χ1) is 16.0. The highest BCUT2D eigenvalue weighted by Gasteiger charge is 2.62. The van der Waals surface area contributed by atoms with Crippen molar-refractivity contribution in [2.24, 2.45) is 17.8 Å². The van der Waals surface area contributed by atoms with Crippen molar-refractivity contribution in [3.63, 3.8) is 0 Å². The van der Waals surface area contributed by atoms with Crippen molar-refractivity contribution in [2.45, 2.75) is 101 Å². The van der Waals surface area contributed by atoms with Crippen LogP contribution in [0.15, 0.2) is 12.2 Å². The standard InChI is InChI=1S/C25H39N3O5S/c1-4-18-14-17(2)8-5-6-9-19-16-25(19,23(31)27-34(32,33)24(3)11-12-24)26-22(30)20-10-7-13-28(20)21(29)15-18/h6,9,17-20H,4-5,7-8,10-16H2,1-3H3,(H,26,30)(H,27,31)/b9-6-/t17?,18-,19-,20+,25-/m1/s1. The molecule has 4 rings (SSSR count). The van der Waals surface area contributed by atoms with E-state index in [0.29, 0.717) is 50.5 Å². The summed E-state index contributed by atoms with van der Waals surface area (Å²) >= 11 is 0. The number of nitrogens with zero attached hydrogens (tertiary/aromatic N) is 1. The monoisotopic (exact) mass is 493 g/mol. The lowest BCUT2D eigenvalue weighted by Crippen LogP contribution is -2.57. The Morgan fingerprint density at radius 2 is 2.00 bits per heavy atom. The minimum atomic E-state index is -3.81. The number of allylic oxidation sites excluding steroid dienone is 1. The van der Waals surface area contributed by atoms with Crippen LogP contribution in [0.4, 0.5) is 0 Å². The molecule has 1 unspecified atom stereocenters. The molecular formula is C25H39N3O5S. The van der Waals surface area contributed by atoms with E-state index in [0.717, 1.165) is 32.1 Å². The van der Waals surface area contributed by atoms with Crippen molar-refractivity contribution in [3.05, 3.63) is 12.2 Å². The Bertz CT molecular complexity index is 973. The molecule has 8 nitrogen and oxygen atoms in total. The molecule has 0 aromatic carbocycles. The summed E-state index contributed by atoms with van der Waals surface area (Å²) in [6.07, 6.45) is 10.9. The number of carbonyl (C=O) groups excluding carboxylic acids is 3. The predicted octanol–water partition coefficient (Wildman–Crippen LogP) is 2.64. The predicted molar refractivity (Wildman–Crippen MR) is 129 cm³/mol. The third kappa shape index (κ3) is 4.90. The zero-order chi connectivity index (χ0) is 24.7. The zero-order valence-electron chi connectivity index (χ0n) is 20.6. The second-order valence-electron chi connectivity index (χ2n) is 11.2. The van der Waals surface area contributed by atoms with Gasteiger partial charge in [-0.05, 0) is 70.1 Å². The summed E-state index contributed by atoms with van der Waals surface area (Å²) in [5.74, 6) is -0.516. The molecule has 0 spiro atoms. The fraction of sp³-hybridized carbons (Fsp3) is 0.800. The largest absolute Gasteiger partial charge is 0.339 e. The lowest BCUT2D eigenvalue weighted by atomic mass is 9.88. The topological polar surface area (TPSA) is 113 Å². The quantitative estimate of drug-likeness (QED) is 0.585. The van der Waals surface area contributed by atoms with E-state index in [-0.39, 0.29) is 17.7 Å². The van der Waals surface area contributed by atoms with E-state index in [2.05, 4.69) is 23.9 Å². The van der Waals surface area contributed by atoms with Crippen LogP contribution in [-0.2, 0) is 24.4 Å². The van der Waals surface area contributed by atoms with Gasteiger partial charge in [-0.1, -0.05) is 32.4 Å². The summed E-state index contributed by atoms with van der Waals surface area (Å²) in [6.45, 7) is 6.49. The van der Waals surface area contributed by atoms with Gasteiger partial charge in [-0.3, -0.25) is 19.1 Å². The molecule has 4 aliphatic rings. The van der Waals surface area contributed by atoms with Gasteiger partial charge in [-0.2, -0.15) is 0 Å². The van der Waals surface area contributed by atoms with E-state index in [4.69, 9.17) is 0 Å². The molecule has 0 bridgehead atoms. The van der Waals surface area contributed by atoms with Gasteiger partial charge in [0.05, 0.1) is 4.75 Å². The molecule has 9 heteroatoms. The smallest absolute Gasteiger partial charge is 0.259 e. The lowest BCUT2D eigenvalue weighted by molar-refractivity contribution is -0.140.